The first-order valence-corrected chi connectivity index (χ1v) is 5.72. The molecule has 14 heavy (non-hydrogen) atoms. The third kappa shape index (κ3) is 2.54. The fourth-order valence-corrected chi connectivity index (χ4v) is 1.78. The molecule has 2 rings (SSSR count). The Morgan fingerprint density at radius 3 is 3.07 bits per heavy atom. The lowest BCUT2D eigenvalue weighted by atomic mass is 10.2. The minimum atomic E-state index is -0.235. The van der Waals surface area contributed by atoms with Crippen LogP contribution in [0.3, 0.4) is 0 Å². The fraction of sp³-hybridized carbons (Fsp3) is 0.556. The monoisotopic (exact) mass is 305 g/mol. The van der Waals surface area contributed by atoms with Crippen molar-refractivity contribution in [2.24, 2.45) is 5.92 Å². The molecule has 2 N–H and O–H groups in total. The third-order valence-electron chi connectivity index (χ3n) is 2.31. The number of rotatable bonds is 4. The Hall–Kier alpha value is -0.430. The molecule has 1 aliphatic carbocycles. The topological polar surface area (TPSA) is 58.0 Å². The molecule has 1 aliphatic rings. The predicted molar refractivity (Wildman–Crippen MR) is 62.0 cm³/mol. The summed E-state index contributed by atoms with van der Waals surface area (Å²) < 4.78 is 0.980. The number of halogens is 1. The molecular weight excluding hydrogens is 293 g/mol. The van der Waals surface area contributed by atoms with E-state index in [1.165, 1.54) is 6.33 Å². The Morgan fingerprint density at radius 2 is 2.43 bits per heavy atom. The van der Waals surface area contributed by atoms with Crippen LogP contribution in [-0.4, -0.2) is 27.7 Å². The molecule has 0 spiro atoms. The van der Waals surface area contributed by atoms with Gasteiger partial charge in [-0.25, -0.2) is 9.97 Å². The minimum Gasteiger partial charge on any atom is -0.391 e. The maximum atomic E-state index is 9.63. The number of hydrogen-bond acceptors (Lipinski definition) is 4. The highest BCUT2D eigenvalue weighted by Gasteiger charge is 2.29. The maximum absolute atomic E-state index is 9.63. The van der Waals surface area contributed by atoms with Crippen LogP contribution >= 0.6 is 22.6 Å². The van der Waals surface area contributed by atoms with Crippen LogP contribution in [0.5, 0.6) is 0 Å². The molecule has 1 unspecified atom stereocenters. The number of hydrogen-bond donors (Lipinski definition) is 2. The molecule has 0 aromatic carbocycles. The lowest BCUT2D eigenvalue weighted by Crippen LogP contribution is -2.22. The number of aliphatic hydroxyl groups excluding tert-OH is 1. The van der Waals surface area contributed by atoms with Gasteiger partial charge in [0.2, 0.25) is 0 Å². The van der Waals surface area contributed by atoms with Crippen LogP contribution in [-0.2, 0) is 0 Å². The van der Waals surface area contributed by atoms with Gasteiger partial charge in [-0.1, -0.05) is 0 Å². The smallest absolute Gasteiger partial charge is 0.142 e. The lowest BCUT2D eigenvalue weighted by Gasteiger charge is -2.11. The van der Waals surface area contributed by atoms with Crippen LogP contribution in [0.15, 0.2) is 12.5 Å². The summed E-state index contributed by atoms with van der Waals surface area (Å²) in [6.45, 7) is 0.581. The van der Waals surface area contributed by atoms with Gasteiger partial charge >= 0.3 is 0 Å². The summed E-state index contributed by atoms with van der Waals surface area (Å²) in [6.07, 6.45) is 5.33. The Kier molecular flexibility index (Phi) is 3.17. The second-order valence-electron chi connectivity index (χ2n) is 3.50. The molecule has 0 saturated heterocycles. The van der Waals surface area contributed by atoms with E-state index in [4.69, 9.17) is 0 Å². The number of aliphatic hydroxyl groups is 1. The summed E-state index contributed by atoms with van der Waals surface area (Å²) in [5.74, 6) is 1.31. The normalized spacial score (nSPS) is 17.9. The second-order valence-corrected chi connectivity index (χ2v) is 4.67. The lowest BCUT2D eigenvalue weighted by molar-refractivity contribution is 0.164. The first kappa shape index (κ1) is 10.1. The highest BCUT2D eigenvalue weighted by molar-refractivity contribution is 14.1. The average molecular weight is 305 g/mol. The molecule has 0 bridgehead atoms. The quantitative estimate of drug-likeness (QED) is 0.823. The van der Waals surface area contributed by atoms with Gasteiger partial charge < -0.3 is 10.4 Å². The van der Waals surface area contributed by atoms with Gasteiger partial charge in [-0.2, -0.15) is 0 Å². The van der Waals surface area contributed by atoms with Gasteiger partial charge in [-0.05, 0) is 41.4 Å². The molecule has 1 fully saturated rings. The van der Waals surface area contributed by atoms with Crippen molar-refractivity contribution in [3.05, 3.63) is 16.1 Å². The maximum Gasteiger partial charge on any atom is 0.142 e. The number of aromatic nitrogens is 2. The van der Waals surface area contributed by atoms with Gasteiger partial charge in [0, 0.05) is 12.7 Å². The van der Waals surface area contributed by atoms with E-state index in [-0.39, 0.29) is 6.10 Å². The summed E-state index contributed by atoms with van der Waals surface area (Å²) in [5, 5.41) is 12.8. The van der Waals surface area contributed by atoms with Gasteiger partial charge in [-0.15, -0.1) is 0 Å². The van der Waals surface area contributed by atoms with E-state index in [0.29, 0.717) is 12.5 Å². The average Bonchev–Trinajstić information content (AvgIpc) is 2.99. The van der Waals surface area contributed by atoms with Crippen molar-refractivity contribution >= 4 is 28.4 Å². The van der Waals surface area contributed by atoms with E-state index in [1.54, 1.807) is 6.20 Å². The zero-order chi connectivity index (χ0) is 9.97. The molecule has 0 aliphatic heterocycles. The molecule has 1 heterocycles. The van der Waals surface area contributed by atoms with Gasteiger partial charge in [0.25, 0.3) is 0 Å². The van der Waals surface area contributed by atoms with Gasteiger partial charge in [-0.3, -0.25) is 0 Å². The molecule has 76 valence electrons. The fourth-order valence-electron chi connectivity index (χ4n) is 1.29. The molecule has 1 aromatic rings. The zero-order valence-electron chi connectivity index (χ0n) is 7.65. The largest absolute Gasteiger partial charge is 0.391 e. The Balaban J connectivity index is 1.87. The van der Waals surface area contributed by atoms with Crippen molar-refractivity contribution in [2.75, 3.05) is 11.9 Å². The van der Waals surface area contributed by atoms with Crippen LogP contribution in [0.1, 0.15) is 12.8 Å². The first-order valence-electron chi connectivity index (χ1n) is 4.65. The van der Waals surface area contributed by atoms with E-state index in [2.05, 4.69) is 37.9 Å². The van der Waals surface area contributed by atoms with E-state index in [1.807, 2.05) is 0 Å². The summed E-state index contributed by atoms with van der Waals surface area (Å²) in [5.41, 5.74) is 0. The molecule has 4 nitrogen and oxygen atoms in total. The van der Waals surface area contributed by atoms with Gasteiger partial charge in [0.15, 0.2) is 0 Å². The number of nitrogens with zero attached hydrogens (tertiary/aromatic N) is 2. The Bertz CT molecular complexity index is 317. The summed E-state index contributed by atoms with van der Waals surface area (Å²) in [7, 11) is 0. The summed E-state index contributed by atoms with van der Waals surface area (Å²) in [6, 6.07) is 0. The third-order valence-corrected chi connectivity index (χ3v) is 3.10. The van der Waals surface area contributed by atoms with Crippen LogP contribution < -0.4 is 5.32 Å². The van der Waals surface area contributed by atoms with Crippen molar-refractivity contribution in [1.82, 2.24) is 9.97 Å². The number of nitrogens with one attached hydrogen (secondary N) is 1. The Labute approximate surface area is 96.3 Å². The predicted octanol–water partition coefficient (Wildman–Crippen LogP) is 1.26. The zero-order valence-corrected chi connectivity index (χ0v) is 9.81. The number of anilines is 1. The van der Waals surface area contributed by atoms with Crippen LogP contribution in [0.2, 0.25) is 0 Å². The van der Waals surface area contributed by atoms with E-state index in [9.17, 15) is 5.11 Å². The van der Waals surface area contributed by atoms with E-state index < -0.39 is 0 Å². The second kappa shape index (κ2) is 4.39. The minimum absolute atomic E-state index is 0.235. The molecule has 0 radical (unpaired) electrons. The molecule has 1 saturated carbocycles. The first-order chi connectivity index (χ1) is 6.77. The van der Waals surface area contributed by atoms with E-state index in [0.717, 1.165) is 22.2 Å². The summed E-state index contributed by atoms with van der Waals surface area (Å²) in [4.78, 5) is 7.99. The van der Waals surface area contributed by atoms with Crippen molar-refractivity contribution in [3.8, 4) is 0 Å². The molecule has 1 aromatic heterocycles. The molecule has 0 amide bonds. The van der Waals surface area contributed by atoms with Crippen molar-refractivity contribution in [3.63, 3.8) is 0 Å². The Morgan fingerprint density at radius 1 is 1.64 bits per heavy atom. The molecule has 1 atom stereocenters. The SMILES string of the molecule is OC(CNc1ncncc1I)C1CC1. The van der Waals surface area contributed by atoms with Crippen LogP contribution in [0, 0.1) is 9.49 Å². The van der Waals surface area contributed by atoms with Crippen LogP contribution in [0.25, 0.3) is 0 Å². The summed E-state index contributed by atoms with van der Waals surface area (Å²) >= 11 is 2.17. The van der Waals surface area contributed by atoms with Crippen molar-refractivity contribution < 1.29 is 5.11 Å². The standard InChI is InChI=1S/C9H12IN3O/c10-7-3-11-5-13-9(7)12-4-8(14)6-1-2-6/h3,5-6,8,14H,1-2,4H2,(H,11,12,13). The van der Waals surface area contributed by atoms with Crippen molar-refractivity contribution in [2.45, 2.75) is 18.9 Å². The van der Waals surface area contributed by atoms with Crippen LogP contribution in [0.4, 0.5) is 5.82 Å². The highest BCUT2D eigenvalue weighted by atomic mass is 127. The van der Waals surface area contributed by atoms with Gasteiger partial charge in [0.05, 0.1) is 9.67 Å². The van der Waals surface area contributed by atoms with Crippen molar-refractivity contribution in [1.29, 1.82) is 0 Å². The molecule has 5 heteroatoms. The highest BCUT2D eigenvalue weighted by Crippen LogP contribution is 2.32. The van der Waals surface area contributed by atoms with Gasteiger partial charge in [0.1, 0.15) is 12.1 Å². The molecular formula is C9H12IN3O. The van der Waals surface area contributed by atoms with E-state index >= 15 is 0 Å².